The van der Waals surface area contributed by atoms with Crippen LogP contribution in [0.5, 0.6) is 0 Å². The minimum atomic E-state index is -0.524. The van der Waals surface area contributed by atoms with E-state index in [9.17, 15) is 14.9 Å². The highest BCUT2D eigenvalue weighted by molar-refractivity contribution is 5.78. The monoisotopic (exact) mass is 251 g/mol. The Labute approximate surface area is 101 Å². The highest BCUT2D eigenvalue weighted by Gasteiger charge is 2.12. The Balaban J connectivity index is 2.22. The largest absolute Gasteiger partial charge is 0.468 e. The lowest BCUT2D eigenvalue weighted by Crippen LogP contribution is -2.14. The number of esters is 1. The number of anilines is 1. The zero-order chi connectivity index (χ0) is 13.1. The molecule has 18 heavy (non-hydrogen) atoms. The van der Waals surface area contributed by atoms with Gasteiger partial charge < -0.3 is 14.5 Å². The number of nitro groups is 1. The van der Waals surface area contributed by atoms with Crippen molar-refractivity contribution >= 4 is 28.8 Å². The molecule has 0 saturated heterocycles. The van der Waals surface area contributed by atoms with E-state index < -0.39 is 10.9 Å². The number of ether oxygens (including phenoxy) is 1. The second-order valence-electron chi connectivity index (χ2n) is 3.36. The van der Waals surface area contributed by atoms with Crippen LogP contribution in [0, 0.1) is 10.1 Å². The first kappa shape index (κ1) is 11.8. The molecule has 1 heterocycles. The third kappa shape index (κ3) is 2.37. The Morgan fingerprint density at radius 2 is 2.39 bits per heavy atom. The number of nitrogens with zero attached hydrogens (tertiary/aromatic N) is 2. The molecule has 0 fully saturated rings. The number of carbonyl (C=O) groups excluding carboxylic acids is 1. The molecule has 0 aliphatic carbocycles. The number of rotatable bonds is 4. The fraction of sp³-hybridized carbons (Fsp3) is 0.200. The van der Waals surface area contributed by atoms with Crippen LogP contribution in [0.2, 0.25) is 0 Å². The Kier molecular flexibility index (Phi) is 3.09. The molecule has 0 unspecified atom stereocenters. The van der Waals surface area contributed by atoms with Gasteiger partial charge in [0.05, 0.1) is 18.1 Å². The second kappa shape index (κ2) is 4.70. The Morgan fingerprint density at radius 3 is 3.06 bits per heavy atom. The van der Waals surface area contributed by atoms with Gasteiger partial charge in [0.15, 0.2) is 5.58 Å². The molecule has 0 aliphatic heterocycles. The Hall–Kier alpha value is -2.64. The molecule has 94 valence electrons. The number of carbonyl (C=O) groups is 1. The van der Waals surface area contributed by atoms with Gasteiger partial charge in [-0.15, -0.1) is 0 Å². The number of oxazole rings is 1. The van der Waals surface area contributed by atoms with Crippen molar-refractivity contribution in [3.8, 4) is 0 Å². The summed E-state index contributed by atoms with van der Waals surface area (Å²) in [4.78, 5) is 25.0. The van der Waals surface area contributed by atoms with Gasteiger partial charge in [-0.2, -0.15) is 4.98 Å². The van der Waals surface area contributed by atoms with Crippen LogP contribution in [0.25, 0.3) is 11.1 Å². The SMILES string of the molecule is COC(=O)CNc1nc2ccc([N+](=O)[O-])cc2o1. The predicted molar refractivity (Wildman–Crippen MR) is 61.2 cm³/mol. The minimum absolute atomic E-state index is 0.0850. The summed E-state index contributed by atoms with van der Waals surface area (Å²) in [7, 11) is 1.26. The summed E-state index contributed by atoms with van der Waals surface area (Å²) >= 11 is 0. The average Bonchev–Trinajstić information content (AvgIpc) is 2.77. The van der Waals surface area contributed by atoms with E-state index in [1.54, 1.807) is 0 Å². The van der Waals surface area contributed by atoms with E-state index in [2.05, 4.69) is 15.0 Å². The number of nitro benzene ring substituents is 1. The third-order valence-electron chi connectivity index (χ3n) is 2.19. The maximum absolute atomic E-state index is 10.9. The van der Waals surface area contributed by atoms with Gasteiger partial charge in [0.2, 0.25) is 0 Å². The van der Waals surface area contributed by atoms with Crippen LogP contribution in [0.15, 0.2) is 22.6 Å². The van der Waals surface area contributed by atoms with E-state index in [1.165, 1.54) is 25.3 Å². The Morgan fingerprint density at radius 1 is 1.61 bits per heavy atom. The second-order valence-corrected chi connectivity index (χ2v) is 3.36. The molecule has 1 aromatic carbocycles. The maximum Gasteiger partial charge on any atom is 0.325 e. The molecule has 0 spiro atoms. The summed E-state index contributed by atoms with van der Waals surface area (Å²) in [6.07, 6.45) is 0. The van der Waals surface area contributed by atoms with Crippen molar-refractivity contribution in [1.82, 2.24) is 4.98 Å². The van der Waals surface area contributed by atoms with Gasteiger partial charge in [0.1, 0.15) is 12.1 Å². The van der Waals surface area contributed by atoms with Crippen molar-refractivity contribution in [3.05, 3.63) is 28.3 Å². The molecule has 0 atom stereocenters. The minimum Gasteiger partial charge on any atom is -0.468 e. The number of hydrogen-bond donors (Lipinski definition) is 1. The molecule has 1 N–H and O–H groups in total. The van der Waals surface area contributed by atoms with Crippen LogP contribution in [0.3, 0.4) is 0 Å². The number of fused-ring (bicyclic) bond motifs is 1. The average molecular weight is 251 g/mol. The van der Waals surface area contributed by atoms with Crippen molar-refractivity contribution in [2.24, 2.45) is 0 Å². The van der Waals surface area contributed by atoms with Crippen LogP contribution in [0.4, 0.5) is 11.7 Å². The zero-order valence-corrected chi connectivity index (χ0v) is 9.37. The van der Waals surface area contributed by atoms with Gasteiger partial charge in [-0.3, -0.25) is 14.9 Å². The molecular weight excluding hydrogens is 242 g/mol. The van der Waals surface area contributed by atoms with E-state index in [-0.39, 0.29) is 23.8 Å². The number of methoxy groups -OCH3 is 1. The van der Waals surface area contributed by atoms with Crippen molar-refractivity contribution in [3.63, 3.8) is 0 Å². The lowest BCUT2D eigenvalue weighted by molar-refractivity contribution is -0.384. The molecule has 8 heteroatoms. The summed E-state index contributed by atoms with van der Waals surface area (Å²) < 4.78 is 9.66. The highest BCUT2D eigenvalue weighted by atomic mass is 16.6. The Bertz CT molecular complexity index is 607. The quantitative estimate of drug-likeness (QED) is 0.496. The molecule has 0 bridgehead atoms. The van der Waals surface area contributed by atoms with Gasteiger partial charge in [0.25, 0.3) is 11.7 Å². The van der Waals surface area contributed by atoms with Gasteiger partial charge in [0, 0.05) is 6.07 Å². The standard InChI is InChI=1S/C10H9N3O5/c1-17-9(14)5-11-10-12-7-3-2-6(13(15)16)4-8(7)18-10/h2-4H,5H2,1H3,(H,11,12). The molecule has 2 aromatic rings. The smallest absolute Gasteiger partial charge is 0.325 e. The molecule has 2 rings (SSSR count). The number of non-ortho nitro benzene ring substituents is 1. The maximum atomic E-state index is 10.9. The van der Waals surface area contributed by atoms with Gasteiger partial charge >= 0.3 is 5.97 Å². The first-order valence-electron chi connectivity index (χ1n) is 4.96. The lowest BCUT2D eigenvalue weighted by atomic mass is 10.3. The van der Waals surface area contributed by atoms with Crippen molar-refractivity contribution < 1.29 is 18.9 Å². The number of aromatic nitrogens is 1. The third-order valence-corrected chi connectivity index (χ3v) is 2.19. The lowest BCUT2D eigenvalue weighted by Gasteiger charge is -1.98. The van der Waals surface area contributed by atoms with Gasteiger partial charge in [-0.05, 0) is 6.07 Å². The number of benzene rings is 1. The first-order valence-corrected chi connectivity index (χ1v) is 4.96. The zero-order valence-electron chi connectivity index (χ0n) is 9.37. The fourth-order valence-corrected chi connectivity index (χ4v) is 1.32. The molecule has 0 saturated carbocycles. The fourth-order valence-electron chi connectivity index (χ4n) is 1.32. The van der Waals surface area contributed by atoms with Gasteiger partial charge in [-0.1, -0.05) is 0 Å². The summed E-state index contributed by atoms with van der Waals surface area (Å²) in [5, 5.41) is 13.2. The van der Waals surface area contributed by atoms with E-state index in [0.29, 0.717) is 5.52 Å². The normalized spacial score (nSPS) is 10.3. The van der Waals surface area contributed by atoms with E-state index >= 15 is 0 Å². The molecule has 1 aromatic heterocycles. The van der Waals surface area contributed by atoms with Crippen molar-refractivity contribution in [1.29, 1.82) is 0 Å². The molecule has 0 radical (unpaired) electrons. The van der Waals surface area contributed by atoms with Crippen LogP contribution < -0.4 is 5.32 Å². The molecule has 0 aliphatic rings. The summed E-state index contributed by atoms with van der Waals surface area (Å²) in [6.45, 7) is -0.0919. The topological polar surface area (TPSA) is 108 Å². The molecule has 8 nitrogen and oxygen atoms in total. The van der Waals surface area contributed by atoms with Gasteiger partial charge in [-0.25, -0.2) is 0 Å². The summed E-state index contributed by atoms with van der Waals surface area (Å²) in [6, 6.07) is 4.18. The van der Waals surface area contributed by atoms with Crippen molar-refractivity contribution in [2.75, 3.05) is 19.0 Å². The van der Waals surface area contributed by atoms with Crippen molar-refractivity contribution in [2.45, 2.75) is 0 Å². The molecular formula is C10H9N3O5. The van der Waals surface area contributed by atoms with E-state index in [1.807, 2.05) is 0 Å². The summed E-state index contributed by atoms with van der Waals surface area (Å²) in [5.41, 5.74) is 0.655. The number of hydrogen-bond acceptors (Lipinski definition) is 7. The van der Waals surface area contributed by atoms with E-state index in [4.69, 9.17) is 4.42 Å². The summed E-state index contributed by atoms with van der Waals surface area (Å²) in [5.74, 6) is -0.469. The first-order chi connectivity index (χ1) is 8.60. The predicted octanol–water partition coefficient (Wildman–Crippen LogP) is 1.32. The van der Waals surface area contributed by atoms with E-state index in [0.717, 1.165) is 0 Å². The van der Waals surface area contributed by atoms with Crippen LogP contribution in [-0.4, -0.2) is 29.5 Å². The van der Waals surface area contributed by atoms with Crippen LogP contribution in [0.1, 0.15) is 0 Å². The number of nitrogens with one attached hydrogen (secondary N) is 1. The highest BCUT2D eigenvalue weighted by Crippen LogP contribution is 2.23. The van der Waals surface area contributed by atoms with Crippen LogP contribution in [-0.2, 0) is 9.53 Å². The van der Waals surface area contributed by atoms with Crippen LogP contribution >= 0.6 is 0 Å². The molecule has 0 amide bonds.